The number of rotatable bonds is 14. The molecule has 0 aliphatic carbocycles. The third-order valence-electron chi connectivity index (χ3n) is 7.59. The van der Waals surface area contributed by atoms with Crippen LogP contribution in [0.15, 0.2) is 91.0 Å². The lowest BCUT2D eigenvalue weighted by Crippen LogP contribution is -2.25. The molecule has 9 nitrogen and oxygen atoms in total. The minimum atomic E-state index is -4.81. The van der Waals surface area contributed by atoms with Gasteiger partial charge in [-0.15, -0.1) is 0 Å². The molecule has 0 bridgehead atoms. The number of ether oxygens (including phenoxy) is 3. The third kappa shape index (κ3) is 10.7. The molecule has 4 aromatic carbocycles. The number of hydrogen-bond acceptors (Lipinski definition) is 7. The van der Waals surface area contributed by atoms with E-state index in [1.807, 2.05) is 13.8 Å². The highest BCUT2D eigenvalue weighted by atomic mass is 19.4. The van der Waals surface area contributed by atoms with Crippen LogP contribution in [0.1, 0.15) is 68.9 Å². The van der Waals surface area contributed by atoms with Gasteiger partial charge in [0, 0.05) is 20.5 Å². The molecule has 0 spiro atoms. The fraction of sp³-hybridized carbons (Fsp3) is 0.282. The summed E-state index contributed by atoms with van der Waals surface area (Å²) < 4.78 is 58.3. The van der Waals surface area contributed by atoms with Gasteiger partial charge in [-0.25, -0.2) is 4.79 Å². The van der Waals surface area contributed by atoms with Crippen molar-refractivity contribution >= 4 is 29.4 Å². The summed E-state index contributed by atoms with van der Waals surface area (Å²) in [4.78, 5) is 52.8. The van der Waals surface area contributed by atoms with Crippen molar-refractivity contribution < 1.29 is 46.6 Å². The Kier molecular flexibility index (Phi) is 13.1. The molecule has 0 fully saturated rings. The second-order valence-electron chi connectivity index (χ2n) is 12.0. The number of halogens is 3. The molecule has 4 rings (SSSR count). The lowest BCUT2D eigenvalue weighted by molar-refractivity contribution is -0.138. The molecule has 0 heterocycles. The Bertz CT molecular complexity index is 1840. The van der Waals surface area contributed by atoms with E-state index < -0.39 is 41.1 Å². The van der Waals surface area contributed by atoms with Crippen molar-refractivity contribution in [3.63, 3.8) is 0 Å². The monoisotopic (exact) mass is 704 g/mol. The normalized spacial score (nSPS) is 11.2. The van der Waals surface area contributed by atoms with Crippen LogP contribution < -0.4 is 10.1 Å². The Morgan fingerprint density at radius 1 is 0.843 bits per heavy atom. The maximum atomic E-state index is 14.1. The summed E-state index contributed by atoms with van der Waals surface area (Å²) >= 11 is 0. The summed E-state index contributed by atoms with van der Waals surface area (Å²) in [5, 5.41) is 2.55. The minimum Gasteiger partial charge on any atom is -0.460 e. The van der Waals surface area contributed by atoms with E-state index in [0.717, 1.165) is 6.07 Å². The molecule has 0 saturated carbocycles. The Morgan fingerprint density at radius 2 is 1.55 bits per heavy atom. The smallest absolute Gasteiger partial charge is 0.417 e. The highest BCUT2D eigenvalue weighted by Gasteiger charge is 2.37. The summed E-state index contributed by atoms with van der Waals surface area (Å²) in [6, 6.07) is 22.4. The molecular weight excluding hydrogens is 665 g/mol. The summed E-state index contributed by atoms with van der Waals surface area (Å²) in [7, 11) is 3.03. The molecule has 0 aliphatic rings. The minimum absolute atomic E-state index is 0.0262. The first-order chi connectivity index (χ1) is 24.2. The Morgan fingerprint density at radius 3 is 2.20 bits per heavy atom. The zero-order chi connectivity index (χ0) is 37.1. The van der Waals surface area contributed by atoms with Crippen LogP contribution in [0, 0.1) is 0 Å². The van der Waals surface area contributed by atoms with Crippen LogP contribution in [0.4, 0.5) is 18.9 Å². The van der Waals surface area contributed by atoms with Gasteiger partial charge in [-0.05, 0) is 85.8 Å². The molecule has 12 heteroatoms. The molecule has 1 N–H and O–H groups in total. The van der Waals surface area contributed by atoms with Gasteiger partial charge in [0.15, 0.2) is 0 Å². The maximum Gasteiger partial charge on any atom is 0.417 e. The van der Waals surface area contributed by atoms with E-state index in [4.69, 9.17) is 14.2 Å². The van der Waals surface area contributed by atoms with Gasteiger partial charge in [-0.3, -0.25) is 14.4 Å². The predicted molar refractivity (Wildman–Crippen MR) is 186 cm³/mol. The van der Waals surface area contributed by atoms with E-state index >= 15 is 0 Å². The van der Waals surface area contributed by atoms with Crippen LogP contribution in [-0.2, 0) is 26.9 Å². The van der Waals surface area contributed by atoms with Gasteiger partial charge in [0.1, 0.15) is 12.4 Å². The van der Waals surface area contributed by atoms with Crippen molar-refractivity contribution in [3.8, 4) is 16.9 Å². The number of carbonyl (C=O) groups is 4. The Balaban J connectivity index is 1.43. The number of amides is 2. The first kappa shape index (κ1) is 38.3. The standard InChI is InChI=1S/C39H39F3N2O7/c1-25(2)49-22-23-50-38(48)28-17-19-29(20-18-28)51-34(45)15-8-10-26-16-21-33(31(24-26)37(47)44(3)4)43-36(46)35-30(27-11-6-5-7-12-27)13-9-14-32(35)39(40,41)42/h5-7,9,11-14,16-21,24-25H,8,10,15,22-23H2,1-4H3,(H,43,46). The first-order valence-electron chi connectivity index (χ1n) is 16.3. The molecule has 4 aromatic rings. The molecule has 51 heavy (non-hydrogen) atoms. The molecule has 0 radical (unpaired) electrons. The van der Waals surface area contributed by atoms with Crippen molar-refractivity contribution in [2.45, 2.75) is 45.4 Å². The van der Waals surface area contributed by atoms with E-state index in [1.54, 1.807) is 42.5 Å². The number of hydrogen-bond donors (Lipinski definition) is 1. The number of nitrogens with one attached hydrogen (secondary N) is 1. The maximum absolute atomic E-state index is 14.1. The topological polar surface area (TPSA) is 111 Å². The molecule has 0 unspecified atom stereocenters. The fourth-order valence-electron chi connectivity index (χ4n) is 5.13. The lowest BCUT2D eigenvalue weighted by Gasteiger charge is -2.19. The van der Waals surface area contributed by atoms with Crippen molar-refractivity contribution in [3.05, 3.63) is 119 Å². The number of aryl methyl sites for hydroxylation is 1. The highest BCUT2D eigenvalue weighted by Crippen LogP contribution is 2.37. The van der Waals surface area contributed by atoms with Gasteiger partial charge in [-0.2, -0.15) is 13.2 Å². The number of nitrogens with zero attached hydrogens (tertiary/aromatic N) is 1. The van der Waals surface area contributed by atoms with Crippen LogP contribution in [0.2, 0.25) is 0 Å². The average molecular weight is 705 g/mol. The lowest BCUT2D eigenvalue weighted by atomic mass is 9.94. The van der Waals surface area contributed by atoms with E-state index in [9.17, 15) is 32.3 Å². The number of anilines is 1. The third-order valence-corrected chi connectivity index (χ3v) is 7.59. The summed E-state index contributed by atoms with van der Waals surface area (Å²) in [6.07, 6.45) is -4.05. The van der Waals surface area contributed by atoms with Crippen LogP contribution in [0.3, 0.4) is 0 Å². The number of carbonyl (C=O) groups excluding carboxylic acids is 4. The number of alkyl halides is 3. The van der Waals surface area contributed by atoms with Gasteiger partial charge in [0.2, 0.25) is 0 Å². The molecule has 0 atom stereocenters. The molecule has 0 aromatic heterocycles. The summed E-state index contributed by atoms with van der Waals surface area (Å²) in [5.41, 5.74) is -0.0901. The zero-order valence-corrected chi connectivity index (χ0v) is 28.7. The van der Waals surface area contributed by atoms with E-state index in [2.05, 4.69) is 5.32 Å². The van der Waals surface area contributed by atoms with Crippen molar-refractivity contribution in [1.82, 2.24) is 4.90 Å². The van der Waals surface area contributed by atoms with Crippen LogP contribution >= 0.6 is 0 Å². The number of esters is 2. The average Bonchev–Trinajstić information content (AvgIpc) is 3.10. The van der Waals surface area contributed by atoms with E-state index in [0.29, 0.717) is 29.5 Å². The number of benzene rings is 4. The van der Waals surface area contributed by atoms with Gasteiger partial charge in [0.05, 0.1) is 40.7 Å². The van der Waals surface area contributed by atoms with Gasteiger partial charge >= 0.3 is 18.1 Å². The Labute approximate surface area is 294 Å². The zero-order valence-electron chi connectivity index (χ0n) is 28.7. The van der Waals surface area contributed by atoms with Crippen LogP contribution in [0.25, 0.3) is 11.1 Å². The highest BCUT2D eigenvalue weighted by molar-refractivity contribution is 6.12. The SMILES string of the molecule is CC(C)OCCOC(=O)c1ccc(OC(=O)CCCc2ccc(NC(=O)c3c(-c4ccccc4)cccc3C(F)(F)F)c(C(=O)N(C)C)c2)cc1. The second-order valence-corrected chi connectivity index (χ2v) is 12.0. The summed E-state index contributed by atoms with van der Waals surface area (Å²) in [6.45, 7) is 4.15. The Hall–Kier alpha value is -5.49. The van der Waals surface area contributed by atoms with Crippen molar-refractivity contribution in [1.29, 1.82) is 0 Å². The fourth-order valence-corrected chi connectivity index (χ4v) is 5.13. The molecule has 268 valence electrons. The van der Waals surface area contributed by atoms with E-state index in [-0.39, 0.29) is 48.3 Å². The van der Waals surface area contributed by atoms with Crippen molar-refractivity contribution in [2.24, 2.45) is 0 Å². The molecule has 0 saturated heterocycles. The van der Waals surface area contributed by atoms with Crippen LogP contribution in [0.5, 0.6) is 5.75 Å². The van der Waals surface area contributed by atoms with Gasteiger partial charge < -0.3 is 24.4 Å². The van der Waals surface area contributed by atoms with Crippen LogP contribution in [-0.4, -0.2) is 62.1 Å². The predicted octanol–water partition coefficient (Wildman–Crippen LogP) is 7.84. The van der Waals surface area contributed by atoms with Gasteiger partial charge in [-0.1, -0.05) is 48.5 Å². The second kappa shape index (κ2) is 17.4. The van der Waals surface area contributed by atoms with Gasteiger partial charge in [0.25, 0.3) is 11.8 Å². The molecular formula is C39H39F3N2O7. The molecule has 2 amide bonds. The van der Waals surface area contributed by atoms with E-state index in [1.165, 1.54) is 61.5 Å². The first-order valence-corrected chi connectivity index (χ1v) is 16.3. The summed E-state index contributed by atoms with van der Waals surface area (Å²) in [5.74, 6) is -2.29. The van der Waals surface area contributed by atoms with Crippen molar-refractivity contribution in [2.75, 3.05) is 32.6 Å². The largest absolute Gasteiger partial charge is 0.460 e. The molecule has 0 aliphatic heterocycles. The quantitative estimate of drug-likeness (QED) is 0.0809.